The van der Waals surface area contributed by atoms with Crippen LogP contribution in [0.5, 0.6) is 23.0 Å². The molecule has 1 heterocycles. The molecule has 0 aliphatic heterocycles. The fourth-order valence-corrected chi connectivity index (χ4v) is 5.12. The molecule has 3 N–H and O–H groups in total. The van der Waals surface area contributed by atoms with Crippen LogP contribution in [0.3, 0.4) is 0 Å². The van der Waals surface area contributed by atoms with Crippen molar-refractivity contribution in [2.24, 2.45) is 5.41 Å². The number of carbonyl (C=O) groups is 3. The number of anilines is 2. The minimum atomic E-state index is -1.21. The fraction of sp³-hybridized carbons (Fsp3) is 0.294. The molecule has 3 aromatic carbocycles. The van der Waals surface area contributed by atoms with Crippen LogP contribution in [0.15, 0.2) is 66.9 Å². The Morgan fingerprint density at radius 2 is 1.57 bits per heavy atom. The third-order valence-electron chi connectivity index (χ3n) is 7.66. The summed E-state index contributed by atoms with van der Waals surface area (Å²) >= 11 is 6.55. The number of pyridine rings is 1. The number of nitrogens with zero attached hydrogens (tertiary/aromatic N) is 1. The van der Waals surface area contributed by atoms with Gasteiger partial charge >= 0.3 is 24.8 Å². The largest absolute Gasteiger partial charge is 1.00 e. The maximum Gasteiger partial charge on any atom is 1.00 e. The van der Waals surface area contributed by atoms with Crippen molar-refractivity contribution < 1.29 is 58.4 Å². The molecule has 0 atom stereocenters. The number of carboxylic acids is 1. The van der Waals surface area contributed by atoms with Crippen LogP contribution < -0.4 is 43.7 Å². The minimum Gasteiger partial charge on any atom is -1.00 e. The molecule has 242 valence electrons. The third kappa shape index (κ3) is 8.95. The van der Waals surface area contributed by atoms with E-state index in [1.807, 2.05) is 0 Å². The number of ether oxygens (including phenoxy) is 3. The number of benzene rings is 3. The van der Waals surface area contributed by atoms with Crippen molar-refractivity contribution in [3.8, 4) is 23.0 Å². The van der Waals surface area contributed by atoms with Crippen molar-refractivity contribution in [3.63, 3.8) is 0 Å². The maximum atomic E-state index is 13.2. The normalized spacial score (nSPS) is 12.8. The number of unbranched alkanes of at least 4 members (excludes halogenated alkanes) is 3. The molecular weight excluding hydrogens is 624 g/mol. The van der Waals surface area contributed by atoms with Crippen molar-refractivity contribution in [2.45, 2.75) is 44.9 Å². The van der Waals surface area contributed by atoms with Gasteiger partial charge in [0.2, 0.25) is 11.8 Å². The summed E-state index contributed by atoms with van der Waals surface area (Å²) in [4.78, 5) is 41.1. The van der Waals surface area contributed by atoms with E-state index < -0.39 is 29.0 Å². The molecule has 47 heavy (non-hydrogen) atoms. The molecule has 1 aromatic heterocycles. The first-order chi connectivity index (χ1) is 22.2. The Bertz CT molecular complexity index is 1760. The molecule has 4 aromatic rings. The van der Waals surface area contributed by atoms with Gasteiger partial charge in [0.1, 0.15) is 22.7 Å². The van der Waals surface area contributed by atoms with Crippen LogP contribution in [-0.4, -0.2) is 41.6 Å². The molecule has 1 fully saturated rings. The first-order valence-corrected chi connectivity index (χ1v) is 15.2. The quantitative estimate of drug-likeness (QED) is 0.0950. The van der Waals surface area contributed by atoms with E-state index in [2.05, 4.69) is 15.6 Å². The van der Waals surface area contributed by atoms with Crippen LogP contribution in [0.1, 0.15) is 46.4 Å². The van der Waals surface area contributed by atoms with Gasteiger partial charge in [-0.15, -0.1) is 0 Å². The number of amides is 2. The first kappa shape index (κ1) is 35.5. The maximum absolute atomic E-state index is 13.2. The van der Waals surface area contributed by atoms with Crippen molar-refractivity contribution in [1.29, 1.82) is 0 Å². The van der Waals surface area contributed by atoms with E-state index in [4.69, 9.17) is 30.9 Å². The van der Waals surface area contributed by atoms with Crippen molar-refractivity contribution in [1.82, 2.24) is 4.98 Å². The van der Waals surface area contributed by atoms with E-state index in [1.165, 1.54) is 24.3 Å². The Labute approximate surface area is 289 Å². The molecule has 1 aliphatic carbocycles. The van der Waals surface area contributed by atoms with Crippen LogP contribution in [0, 0.1) is 11.2 Å². The Morgan fingerprint density at radius 3 is 2.23 bits per heavy atom. The molecule has 10 nitrogen and oxygen atoms in total. The molecule has 0 bridgehead atoms. The number of carboxylic acid groups (broad SMARTS) is 1. The summed E-state index contributed by atoms with van der Waals surface area (Å²) in [6, 6.07) is 15.4. The molecule has 0 radical (unpaired) electrons. The summed E-state index contributed by atoms with van der Waals surface area (Å²) in [6.07, 6.45) is 5.64. The molecule has 0 saturated heterocycles. The van der Waals surface area contributed by atoms with Gasteiger partial charge in [-0.1, -0.05) is 24.4 Å². The van der Waals surface area contributed by atoms with Crippen LogP contribution in [0.2, 0.25) is 5.02 Å². The Morgan fingerprint density at radius 1 is 0.894 bits per heavy atom. The van der Waals surface area contributed by atoms with Gasteiger partial charge in [-0.05, 0) is 80.3 Å². The second kappa shape index (κ2) is 16.0. The molecule has 2 amide bonds. The number of halogens is 2. The average molecular weight is 658 g/mol. The summed E-state index contributed by atoms with van der Waals surface area (Å²) in [7, 11) is 1.54. The van der Waals surface area contributed by atoms with Gasteiger partial charge in [0.15, 0.2) is 11.5 Å². The van der Waals surface area contributed by atoms with Gasteiger partial charge in [0, 0.05) is 35.4 Å². The standard InChI is InChI=1S/C34H33ClFN3O7.Li.H/c1-44-29-19-24-26(20-30(29)45-17-5-3-2-4-6-31(40)41)37-16-13-27(24)46-28-12-11-23(18-25(28)35)39-33(43)34(14-15-34)32(42)38-22-9-7-21(36)8-10-22;;/h7-13,16,18-20H,2-6,14-15,17H2,1H3,(H,38,42)(H,39,43)(H,40,41);;/q;+1;-1. The number of aromatic nitrogens is 1. The SMILES string of the molecule is COc1cc2c(Oc3ccc(NC(=O)C4(C(=O)Nc5ccc(F)cc5)CC4)cc3Cl)ccnc2cc1OCCCCCCC(=O)O.[H-].[Li+]. The number of hydrogen-bond acceptors (Lipinski definition) is 7. The molecule has 1 saturated carbocycles. The first-order valence-electron chi connectivity index (χ1n) is 14.9. The molecule has 13 heteroatoms. The van der Waals surface area contributed by atoms with Gasteiger partial charge in [0.05, 0.1) is 24.3 Å². The summed E-state index contributed by atoms with van der Waals surface area (Å²) in [5.41, 5.74) is 0.202. The van der Waals surface area contributed by atoms with Gasteiger partial charge < -0.3 is 31.4 Å². The monoisotopic (exact) mass is 657 g/mol. The zero-order valence-electron chi connectivity index (χ0n) is 27.1. The van der Waals surface area contributed by atoms with Crippen molar-refractivity contribution >= 4 is 51.7 Å². The minimum absolute atomic E-state index is 0. The number of methoxy groups -OCH3 is 1. The van der Waals surface area contributed by atoms with Crippen molar-refractivity contribution in [3.05, 3.63) is 77.7 Å². The van der Waals surface area contributed by atoms with Gasteiger partial charge in [-0.25, -0.2) is 4.39 Å². The van der Waals surface area contributed by atoms with Crippen LogP contribution in [-0.2, 0) is 14.4 Å². The van der Waals surface area contributed by atoms with Crippen LogP contribution in [0.25, 0.3) is 10.9 Å². The van der Waals surface area contributed by atoms with Crippen LogP contribution in [0.4, 0.5) is 15.8 Å². The van der Waals surface area contributed by atoms with Crippen LogP contribution >= 0.6 is 11.6 Å². The number of hydrogen-bond donors (Lipinski definition) is 3. The summed E-state index contributed by atoms with van der Waals surface area (Å²) in [5.74, 6) is -0.282. The molecule has 5 rings (SSSR count). The van der Waals surface area contributed by atoms with E-state index >= 15 is 0 Å². The third-order valence-corrected chi connectivity index (χ3v) is 7.96. The number of aliphatic carboxylic acids is 1. The fourth-order valence-electron chi connectivity index (χ4n) is 4.90. The van der Waals surface area contributed by atoms with Gasteiger partial charge in [-0.2, -0.15) is 0 Å². The second-order valence-electron chi connectivity index (χ2n) is 11.0. The molecule has 0 spiro atoms. The number of rotatable bonds is 15. The Kier molecular flexibility index (Phi) is 12.1. The predicted molar refractivity (Wildman–Crippen MR) is 172 cm³/mol. The van der Waals surface area contributed by atoms with Crippen molar-refractivity contribution in [2.75, 3.05) is 24.4 Å². The Hall–Kier alpha value is -4.30. The Balaban J connectivity index is 0.00000312. The van der Waals surface area contributed by atoms with Gasteiger partial charge in [-0.3, -0.25) is 19.4 Å². The van der Waals surface area contributed by atoms with E-state index in [0.29, 0.717) is 71.1 Å². The van der Waals surface area contributed by atoms with E-state index in [1.54, 1.807) is 49.7 Å². The van der Waals surface area contributed by atoms with E-state index in [0.717, 1.165) is 19.3 Å². The smallest absolute Gasteiger partial charge is 1.00 e. The predicted octanol–water partition coefficient (Wildman–Crippen LogP) is 4.72. The molecular formula is C34H34ClFLiN3O7. The molecule has 0 unspecified atom stereocenters. The zero-order valence-corrected chi connectivity index (χ0v) is 26.9. The summed E-state index contributed by atoms with van der Waals surface area (Å²) in [5, 5.41) is 15.1. The average Bonchev–Trinajstić information content (AvgIpc) is 3.85. The number of nitrogens with one attached hydrogen (secondary N) is 2. The number of fused-ring (bicyclic) bond motifs is 1. The van der Waals surface area contributed by atoms with Gasteiger partial charge in [0.25, 0.3) is 0 Å². The van der Waals surface area contributed by atoms with E-state index in [-0.39, 0.29) is 31.7 Å². The number of carbonyl (C=O) groups excluding carboxylic acids is 2. The topological polar surface area (TPSA) is 136 Å². The summed E-state index contributed by atoms with van der Waals surface area (Å²) < 4.78 is 30.9. The summed E-state index contributed by atoms with van der Waals surface area (Å²) in [6.45, 7) is 0.448. The second-order valence-corrected chi connectivity index (χ2v) is 11.4. The zero-order chi connectivity index (χ0) is 32.7. The van der Waals surface area contributed by atoms with E-state index in [9.17, 15) is 18.8 Å². The molecule has 1 aliphatic rings.